The van der Waals surface area contributed by atoms with E-state index in [0.717, 1.165) is 0 Å². The third-order valence-corrected chi connectivity index (χ3v) is 2.69. The van der Waals surface area contributed by atoms with Crippen LogP contribution in [-0.4, -0.2) is 23.7 Å². The van der Waals surface area contributed by atoms with E-state index in [4.69, 9.17) is 5.11 Å². The van der Waals surface area contributed by atoms with Crippen LogP contribution < -0.4 is 5.32 Å². The first-order valence-corrected chi connectivity index (χ1v) is 5.92. The summed E-state index contributed by atoms with van der Waals surface area (Å²) < 4.78 is 13.0. The Morgan fingerprint density at radius 1 is 1.56 bits per heavy atom. The maximum absolute atomic E-state index is 13.0. The summed E-state index contributed by atoms with van der Waals surface area (Å²) in [5, 5.41) is 11.7. The third kappa shape index (κ3) is 4.30. The standard InChI is InChI=1S/C14H18FNO2/c1-3-13(9-17)16-14(18)7-10(2)11-5-4-6-12(15)8-11/h4-8,13,17H,3,9H2,1-2H3,(H,16,18)/b10-7-. The van der Waals surface area contributed by atoms with Gasteiger partial charge in [-0.3, -0.25) is 4.79 Å². The van der Waals surface area contributed by atoms with Gasteiger partial charge in [0.2, 0.25) is 5.91 Å². The Kier molecular flexibility index (Phi) is 5.52. The Morgan fingerprint density at radius 2 is 2.28 bits per heavy atom. The minimum absolute atomic E-state index is 0.0882. The molecule has 0 aliphatic carbocycles. The fourth-order valence-corrected chi connectivity index (χ4v) is 1.53. The van der Waals surface area contributed by atoms with E-state index in [1.54, 1.807) is 19.1 Å². The van der Waals surface area contributed by atoms with Crippen LogP contribution in [0.25, 0.3) is 5.57 Å². The molecule has 0 spiro atoms. The van der Waals surface area contributed by atoms with Crippen LogP contribution >= 0.6 is 0 Å². The van der Waals surface area contributed by atoms with Crippen molar-refractivity contribution in [3.8, 4) is 0 Å². The highest BCUT2D eigenvalue weighted by molar-refractivity contribution is 5.94. The molecule has 0 heterocycles. The fraction of sp³-hybridized carbons (Fsp3) is 0.357. The lowest BCUT2D eigenvalue weighted by atomic mass is 10.1. The van der Waals surface area contributed by atoms with Crippen molar-refractivity contribution >= 4 is 11.5 Å². The minimum atomic E-state index is -0.331. The predicted octanol–water partition coefficient (Wildman–Crippen LogP) is 2.12. The number of carbonyl (C=O) groups excluding carboxylic acids is 1. The van der Waals surface area contributed by atoms with E-state index in [9.17, 15) is 9.18 Å². The van der Waals surface area contributed by atoms with E-state index >= 15 is 0 Å². The molecule has 0 radical (unpaired) electrons. The number of benzene rings is 1. The lowest BCUT2D eigenvalue weighted by molar-refractivity contribution is -0.117. The first-order valence-electron chi connectivity index (χ1n) is 5.92. The molecule has 0 bridgehead atoms. The summed E-state index contributed by atoms with van der Waals surface area (Å²) in [6, 6.07) is 5.83. The van der Waals surface area contributed by atoms with Gasteiger partial charge >= 0.3 is 0 Å². The van der Waals surface area contributed by atoms with Crippen LogP contribution in [0.5, 0.6) is 0 Å². The zero-order chi connectivity index (χ0) is 13.5. The van der Waals surface area contributed by atoms with Gasteiger partial charge in [0.1, 0.15) is 5.82 Å². The molecule has 1 aromatic carbocycles. The van der Waals surface area contributed by atoms with E-state index in [2.05, 4.69) is 5.32 Å². The normalized spacial score (nSPS) is 13.2. The largest absolute Gasteiger partial charge is 0.394 e. The number of halogens is 1. The number of aliphatic hydroxyl groups excluding tert-OH is 1. The van der Waals surface area contributed by atoms with E-state index < -0.39 is 0 Å². The third-order valence-electron chi connectivity index (χ3n) is 2.69. The molecule has 2 N–H and O–H groups in total. The van der Waals surface area contributed by atoms with Crippen LogP contribution in [-0.2, 0) is 4.79 Å². The highest BCUT2D eigenvalue weighted by Gasteiger charge is 2.07. The Balaban J connectivity index is 2.74. The maximum atomic E-state index is 13.0. The Hall–Kier alpha value is -1.68. The number of carbonyl (C=O) groups is 1. The van der Waals surface area contributed by atoms with Crippen LogP contribution in [0.3, 0.4) is 0 Å². The van der Waals surface area contributed by atoms with Crippen LogP contribution in [0.2, 0.25) is 0 Å². The van der Waals surface area contributed by atoms with Crippen LogP contribution in [0, 0.1) is 5.82 Å². The molecule has 0 aliphatic rings. The minimum Gasteiger partial charge on any atom is -0.394 e. The number of nitrogens with one attached hydrogen (secondary N) is 1. The molecule has 0 aliphatic heterocycles. The number of amides is 1. The van der Waals surface area contributed by atoms with E-state index in [1.807, 2.05) is 6.92 Å². The van der Waals surface area contributed by atoms with Crippen LogP contribution in [0.1, 0.15) is 25.8 Å². The zero-order valence-corrected chi connectivity index (χ0v) is 10.6. The van der Waals surface area contributed by atoms with Gasteiger partial charge in [-0.1, -0.05) is 19.1 Å². The van der Waals surface area contributed by atoms with Crippen molar-refractivity contribution in [2.75, 3.05) is 6.61 Å². The summed E-state index contributed by atoms with van der Waals surface area (Å²) in [6.07, 6.45) is 2.07. The summed E-state index contributed by atoms with van der Waals surface area (Å²) in [5.74, 6) is -0.611. The second-order valence-corrected chi connectivity index (χ2v) is 4.13. The summed E-state index contributed by atoms with van der Waals surface area (Å²) in [4.78, 5) is 11.6. The summed E-state index contributed by atoms with van der Waals surface area (Å²) in [7, 11) is 0. The predicted molar refractivity (Wildman–Crippen MR) is 69.4 cm³/mol. The summed E-state index contributed by atoms with van der Waals surface area (Å²) in [6.45, 7) is 3.54. The molecule has 1 unspecified atom stereocenters. The van der Waals surface area contributed by atoms with Gasteiger partial charge in [-0.2, -0.15) is 0 Å². The average molecular weight is 251 g/mol. The van der Waals surface area contributed by atoms with Crippen LogP contribution in [0.15, 0.2) is 30.3 Å². The van der Waals surface area contributed by atoms with Crippen molar-refractivity contribution in [2.24, 2.45) is 0 Å². The van der Waals surface area contributed by atoms with Gasteiger partial charge in [-0.05, 0) is 36.6 Å². The Labute approximate surface area is 106 Å². The summed E-state index contributed by atoms with van der Waals surface area (Å²) >= 11 is 0. The highest BCUT2D eigenvalue weighted by atomic mass is 19.1. The smallest absolute Gasteiger partial charge is 0.244 e. The van der Waals surface area contributed by atoms with Gasteiger partial charge in [0.25, 0.3) is 0 Å². The van der Waals surface area contributed by atoms with Crippen molar-refractivity contribution in [2.45, 2.75) is 26.3 Å². The second kappa shape index (κ2) is 6.91. The lowest BCUT2D eigenvalue weighted by Crippen LogP contribution is -2.35. The monoisotopic (exact) mass is 251 g/mol. The molecule has 1 rings (SSSR count). The van der Waals surface area contributed by atoms with Crippen molar-refractivity contribution in [1.29, 1.82) is 0 Å². The van der Waals surface area contributed by atoms with E-state index in [1.165, 1.54) is 18.2 Å². The Morgan fingerprint density at radius 3 is 2.83 bits per heavy atom. The zero-order valence-electron chi connectivity index (χ0n) is 10.6. The average Bonchev–Trinajstić information content (AvgIpc) is 2.35. The number of allylic oxidation sites excluding steroid dienone is 1. The molecule has 18 heavy (non-hydrogen) atoms. The molecule has 3 nitrogen and oxygen atoms in total. The molecule has 0 saturated heterocycles. The second-order valence-electron chi connectivity index (χ2n) is 4.13. The fourth-order valence-electron chi connectivity index (χ4n) is 1.53. The molecule has 98 valence electrons. The first kappa shape index (κ1) is 14.4. The SMILES string of the molecule is CCC(CO)NC(=O)/C=C(/C)c1cccc(F)c1. The topological polar surface area (TPSA) is 49.3 Å². The van der Waals surface area contributed by atoms with Crippen LogP contribution in [0.4, 0.5) is 4.39 Å². The molecule has 4 heteroatoms. The summed E-state index contributed by atoms with van der Waals surface area (Å²) in [5.41, 5.74) is 1.35. The molecular weight excluding hydrogens is 233 g/mol. The molecule has 0 saturated carbocycles. The van der Waals surface area contributed by atoms with Gasteiger partial charge in [0, 0.05) is 6.08 Å². The molecule has 1 atom stereocenters. The maximum Gasteiger partial charge on any atom is 0.244 e. The Bertz CT molecular complexity index is 439. The van der Waals surface area contributed by atoms with Crippen molar-refractivity contribution in [3.63, 3.8) is 0 Å². The first-order chi connectivity index (χ1) is 8.56. The quantitative estimate of drug-likeness (QED) is 0.787. The number of aliphatic hydroxyl groups is 1. The molecule has 0 fully saturated rings. The van der Waals surface area contributed by atoms with Crippen molar-refractivity contribution in [3.05, 3.63) is 41.7 Å². The number of hydrogen-bond donors (Lipinski definition) is 2. The van der Waals surface area contributed by atoms with E-state index in [0.29, 0.717) is 17.6 Å². The molecule has 0 aromatic heterocycles. The molecular formula is C14H18FNO2. The van der Waals surface area contributed by atoms with Gasteiger partial charge in [-0.25, -0.2) is 4.39 Å². The van der Waals surface area contributed by atoms with Crippen molar-refractivity contribution in [1.82, 2.24) is 5.32 Å². The number of hydrogen-bond acceptors (Lipinski definition) is 2. The van der Waals surface area contributed by atoms with Gasteiger partial charge in [0.05, 0.1) is 12.6 Å². The van der Waals surface area contributed by atoms with Gasteiger partial charge in [0.15, 0.2) is 0 Å². The molecule has 1 amide bonds. The lowest BCUT2D eigenvalue weighted by Gasteiger charge is -2.12. The number of rotatable bonds is 5. The van der Waals surface area contributed by atoms with Gasteiger partial charge < -0.3 is 10.4 Å². The van der Waals surface area contributed by atoms with Crippen molar-refractivity contribution < 1.29 is 14.3 Å². The molecule has 1 aromatic rings. The van der Waals surface area contributed by atoms with E-state index in [-0.39, 0.29) is 24.4 Å². The highest BCUT2D eigenvalue weighted by Crippen LogP contribution is 2.14. The van der Waals surface area contributed by atoms with Gasteiger partial charge in [-0.15, -0.1) is 0 Å².